The van der Waals surface area contributed by atoms with Gasteiger partial charge in [-0.1, -0.05) is 31.2 Å². The third kappa shape index (κ3) is 4.07. The van der Waals surface area contributed by atoms with Crippen LogP contribution in [0.5, 0.6) is 0 Å². The number of aromatic nitrogens is 3. The van der Waals surface area contributed by atoms with Crippen molar-refractivity contribution < 1.29 is 4.42 Å². The van der Waals surface area contributed by atoms with Gasteiger partial charge in [0.25, 0.3) is 0 Å². The monoisotopic (exact) mass is 310 g/mol. The van der Waals surface area contributed by atoms with Gasteiger partial charge in [0, 0.05) is 13.0 Å². The van der Waals surface area contributed by atoms with E-state index in [0.717, 1.165) is 31.0 Å². The second kappa shape index (κ2) is 7.24. The van der Waals surface area contributed by atoms with E-state index in [1.165, 1.54) is 11.1 Å². The van der Waals surface area contributed by atoms with Gasteiger partial charge >= 0.3 is 0 Å². The Kier molecular flexibility index (Phi) is 4.88. The van der Waals surface area contributed by atoms with Gasteiger partial charge in [-0.3, -0.25) is 0 Å². The van der Waals surface area contributed by atoms with Crippen LogP contribution in [0.4, 0.5) is 0 Å². The topological polar surface area (TPSA) is 55.9 Å². The van der Waals surface area contributed by atoms with Crippen LogP contribution < -0.4 is 5.32 Å². The molecular weight excluding hydrogens is 288 g/mol. The average Bonchev–Trinajstić information content (AvgIpc) is 3.25. The highest BCUT2D eigenvalue weighted by atomic mass is 16.3. The Bertz CT molecular complexity index is 716. The predicted molar refractivity (Wildman–Crippen MR) is 88.9 cm³/mol. The number of hydrogen-bond acceptors (Lipinski definition) is 4. The maximum atomic E-state index is 5.78. The SMILES string of the molecule is CCc1ccc(C(C)NCc2ccc(Cn3cncn3)cc2)o1. The number of nitrogens with zero attached hydrogens (tertiary/aromatic N) is 3. The summed E-state index contributed by atoms with van der Waals surface area (Å²) in [6.07, 6.45) is 4.21. The Morgan fingerprint density at radius 2 is 1.91 bits per heavy atom. The zero-order chi connectivity index (χ0) is 16.1. The van der Waals surface area contributed by atoms with Crippen molar-refractivity contribution in [1.82, 2.24) is 20.1 Å². The Labute approximate surface area is 136 Å². The van der Waals surface area contributed by atoms with E-state index in [2.05, 4.69) is 59.6 Å². The quantitative estimate of drug-likeness (QED) is 0.727. The fraction of sp³-hybridized carbons (Fsp3) is 0.333. The van der Waals surface area contributed by atoms with E-state index < -0.39 is 0 Å². The lowest BCUT2D eigenvalue weighted by Crippen LogP contribution is -2.17. The standard InChI is InChI=1S/C18H22N4O/c1-3-17-8-9-18(23-17)14(2)20-10-15-4-6-16(7-5-15)11-22-13-19-12-21-22/h4-9,12-14,20H,3,10-11H2,1-2H3. The molecule has 0 saturated carbocycles. The summed E-state index contributed by atoms with van der Waals surface area (Å²) in [5.41, 5.74) is 2.47. The third-order valence-electron chi connectivity index (χ3n) is 3.90. The highest BCUT2D eigenvalue weighted by Crippen LogP contribution is 2.17. The summed E-state index contributed by atoms with van der Waals surface area (Å²) in [5, 5.41) is 7.62. The van der Waals surface area contributed by atoms with Crippen molar-refractivity contribution in [3.63, 3.8) is 0 Å². The molecule has 1 N–H and O–H groups in total. The predicted octanol–water partition coefficient (Wildman–Crippen LogP) is 3.33. The lowest BCUT2D eigenvalue weighted by atomic mass is 10.1. The van der Waals surface area contributed by atoms with Crippen molar-refractivity contribution >= 4 is 0 Å². The van der Waals surface area contributed by atoms with Crippen molar-refractivity contribution in [3.05, 3.63) is 71.7 Å². The maximum absolute atomic E-state index is 5.78. The molecule has 3 rings (SSSR count). The molecule has 2 aromatic heterocycles. The van der Waals surface area contributed by atoms with E-state index in [1.807, 2.05) is 10.7 Å². The van der Waals surface area contributed by atoms with Gasteiger partial charge in [0.1, 0.15) is 24.2 Å². The normalized spacial score (nSPS) is 12.4. The molecule has 0 aliphatic carbocycles. The number of aryl methyl sites for hydroxylation is 1. The van der Waals surface area contributed by atoms with Crippen LogP contribution in [0.25, 0.3) is 0 Å². The molecule has 0 saturated heterocycles. The van der Waals surface area contributed by atoms with Gasteiger partial charge in [-0.15, -0.1) is 0 Å². The molecule has 2 heterocycles. The first-order valence-corrected chi connectivity index (χ1v) is 7.97. The minimum atomic E-state index is 0.199. The molecule has 1 aromatic carbocycles. The molecule has 0 bridgehead atoms. The van der Waals surface area contributed by atoms with E-state index in [0.29, 0.717) is 0 Å². The minimum absolute atomic E-state index is 0.199. The number of hydrogen-bond donors (Lipinski definition) is 1. The molecule has 5 heteroatoms. The molecule has 1 atom stereocenters. The van der Waals surface area contributed by atoms with Crippen LogP contribution in [0.1, 0.15) is 42.5 Å². The van der Waals surface area contributed by atoms with E-state index in [4.69, 9.17) is 4.42 Å². The molecule has 0 aliphatic heterocycles. The fourth-order valence-electron chi connectivity index (χ4n) is 2.45. The fourth-order valence-corrected chi connectivity index (χ4v) is 2.45. The first-order chi connectivity index (χ1) is 11.2. The summed E-state index contributed by atoms with van der Waals surface area (Å²) in [4.78, 5) is 3.95. The summed E-state index contributed by atoms with van der Waals surface area (Å²) in [7, 11) is 0. The van der Waals surface area contributed by atoms with Crippen LogP contribution >= 0.6 is 0 Å². The number of rotatable bonds is 7. The molecule has 1 unspecified atom stereocenters. The summed E-state index contributed by atoms with van der Waals surface area (Å²) < 4.78 is 7.60. The van der Waals surface area contributed by atoms with Crippen molar-refractivity contribution in [1.29, 1.82) is 0 Å². The van der Waals surface area contributed by atoms with Crippen LogP contribution in [0.15, 0.2) is 53.5 Å². The zero-order valence-corrected chi connectivity index (χ0v) is 13.6. The molecule has 0 aliphatic rings. The summed E-state index contributed by atoms with van der Waals surface area (Å²) in [6, 6.07) is 12.9. The third-order valence-corrected chi connectivity index (χ3v) is 3.90. The Hall–Kier alpha value is -2.40. The second-order valence-electron chi connectivity index (χ2n) is 5.67. The molecule has 3 aromatic rings. The number of benzene rings is 1. The van der Waals surface area contributed by atoms with Crippen LogP contribution in [0.2, 0.25) is 0 Å². The van der Waals surface area contributed by atoms with Crippen molar-refractivity contribution in [2.45, 2.75) is 39.4 Å². The Balaban J connectivity index is 1.53. The van der Waals surface area contributed by atoms with Gasteiger partial charge in [-0.2, -0.15) is 5.10 Å². The smallest absolute Gasteiger partial charge is 0.137 e. The molecule has 0 amide bonds. The second-order valence-corrected chi connectivity index (χ2v) is 5.67. The van der Waals surface area contributed by atoms with E-state index in [9.17, 15) is 0 Å². The molecule has 120 valence electrons. The van der Waals surface area contributed by atoms with Crippen LogP contribution in [-0.4, -0.2) is 14.8 Å². The lowest BCUT2D eigenvalue weighted by Gasteiger charge is -2.12. The molecular formula is C18H22N4O. The summed E-state index contributed by atoms with van der Waals surface area (Å²) >= 11 is 0. The minimum Gasteiger partial charge on any atom is -0.464 e. The first kappa shape index (κ1) is 15.5. The van der Waals surface area contributed by atoms with Crippen molar-refractivity contribution in [3.8, 4) is 0 Å². The van der Waals surface area contributed by atoms with Gasteiger partial charge in [0.2, 0.25) is 0 Å². The van der Waals surface area contributed by atoms with Gasteiger partial charge in [0.05, 0.1) is 12.6 Å². The van der Waals surface area contributed by atoms with Crippen molar-refractivity contribution in [2.75, 3.05) is 0 Å². The lowest BCUT2D eigenvalue weighted by molar-refractivity contribution is 0.408. The molecule has 0 fully saturated rings. The summed E-state index contributed by atoms with van der Waals surface area (Å²) in [5.74, 6) is 2.02. The maximum Gasteiger partial charge on any atom is 0.137 e. The number of furan rings is 1. The highest BCUT2D eigenvalue weighted by molar-refractivity contribution is 5.22. The van der Waals surface area contributed by atoms with Gasteiger partial charge in [-0.25, -0.2) is 9.67 Å². The number of nitrogens with one attached hydrogen (secondary N) is 1. The Morgan fingerprint density at radius 1 is 1.13 bits per heavy atom. The van der Waals surface area contributed by atoms with Gasteiger partial charge in [0.15, 0.2) is 0 Å². The van der Waals surface area contributed by atoms with Gasteiger partial charge < -0.3 is 9.73 Å². The van der Waals surface area contributed by atoms with Crippen LogP contribution in [0.3, 0.4) is 0 Å². The zero-order valence-electron chi connectivity index (χ0n) is 13.6. The summed E-state index contributed by atoms with van der Waals surface area (Å²) in [6.45, 7) is 5.78. The highest BCUT2D eigenvalue weighted by Gasteiger charge is 2.09. The molecule has 0 spiro atoms. The molecule has 23 heavy (non-hydrogen) atoms. The van der Waals surface area contributed by atoms with Gasteiger partial charge in [-0.05, 0) is 30.2 Å². The van der Waals surface area contributed by atoms with Crippen LogP contribution in [0, 0.1) is 0 Å². The van der Waals surface area contributed by atoms with E-state index >= 15 is 0 Å². The Morgan fingerprint density at radius 3 is 2.57 bits per heavy atom. The average molecular weight is 310 g/mol. The van der Waals surface area contributed by atoms with Crippen molar-refractivity contribution in [2.24, 2.45) is 0 Å². The first-order valence-electron chi connectivity index (χ1n) is 7.97. The van der Waals surface area contributed by atoms with Crippen LogP contribution in [-0.2, 0) is 19.5 Å². The largest absolute Gasteiger partial charge is 0.464 e. The van der Waals surface area contributed by atoms with E-state index in [-0.39, 0.29) is 6.04 Å². The molecule has 5 nitrogen and oxygen atoms in total. The van der Waals surface area contributed by atoms with E-state index in [1.54, 1.807) is 12.7 Å². The molecule has 0 radical (unpaired) electrons.